The lowest BCUT2D eigenvalue weighted by molar-refractivity contribution is 0.628. The van der Waals surface area contributed by atoms with Gasteiger partial charge in [-0.15, -0.1) is 11.3 Å². The van der Waals surface area contributed by atoms with Gasteiger partial charge in [-0.2, -0.15) is 0 Å². The molecule has 1 saturated carbocycles. The standard InChI is InChI=1S/C14H15FN2S/c15-11-7-5-9(6-8-11)12-13(18-14(16)17-12)10-3-1-2-4-10/h5-8,10H,1-4H2,(H2,16,17). The molecule has 1 aliphatic carbocycles. The minimum Gasteiger partial charge on any atom is -0.375 e. The van der Waals surface area contributed by atoms with E-state index in [4.69, 9.17) is 5.73 Å². The third kappa shape index (κ3) is 2.12. The van der Waals surface area contributed by atoms with Gasteiger partial charge >= 0.3 is 0 Å². The van der Waals surface area contributed by atoms with Crippen LogP contribution in [0.3, 0.4) is 0 Å². The topological polar surface area (TPSA) is 38.9 Å². The van der Waals surface area contributed by atoms with E-state index in [9.17, 15) is 4.39 Å². The molecule has 94 valence electrons. The van der Waals surface area contributed by atoms with Crippen LogP contribution in [0.2, 0.25) is 0 Å². The van der Waals surface area contributed by atoms with Gasteiger partial charge in [-0.25, -0.2) is 9.37 Å². The van der Waals surface area contributed by atoms with E-state index < -0.39 is 0 Å². The summed E-state index contributed by atoms with van der Waals surface area (Å²) in [5, 5.41) is 0.608. The predicted octanol–water partition coefficient (Wildman–Crippen LogP) is 4.19. The Bertz CT molecular complexity index is 541. The van der Waals surface area contributed by atoms with Crippen LogP contribution >= 0.6 is 11.3 Å². The number of nitrogens with zero attached hydrogens (tertiary/aromatic N) is 1. The molecule has 0 amide bonds. The Kier molecular flexibility index (Phi) is 3.04. The van der Waals surface area contributed by atoms with Crippen molar-refractivity contribution >= 4 is 16.5 Å². The van der Waals surface area contributed by atoms with Gasteiger partial charge in [0.25, 0.3) is 0 Å². The van der Waals surface area contributed by atoms with E-state index >= 15 is 0 Å². The van der Waals surface area contributed by atoms with E-state index in [0.29, 0.717) is 11.0 Å². The van der Waals surface area contributed by atoms with Crippen molar-refractivity contribution in [1.82, 2.24) is 4.98 Å². The largest absolute Gasteiger partial charge is 0.375 e. The molecule has 1 aliphatic rings. The molecule has 1 fully saturated rings. The van der Waals surface area contributed by atoms with Crippen LogP contribution in [-0.2, 0) is 0 Å². The SMILES string of the molecule is Nc1nc(-c2ccc(F)cc2)c(C2CCCC2)s1. The molecular weight excluding hydrogens is 247 g/mol. The zero-order valence-corrected chi connectivity index (χ0v) is 10.8. The van der Waals surface area contributed by atoms with Crippen LogP contribution < -0.4 is 5.73 Å². The van der Waals surface area contributed by atoms with E-state index in [2.05, 4.69) is 4.98 Å². The lowest BCUT2D eigenvalue weighted by atomic mass is 10.0. The first-order valence-electron chi connectivity index (χ1n) is 6.26. The average Bonchev–Trinajstić information content (AvgIpc) is 2.98. The number of nitrogens with two attached hydrogens (primary N) is 1. The van der Waals surface area contributed by atoms with Gasteiger partial charge in [-0.1, -0.05) is 12.8 Å². The van der Waals surface area contributed by atoms with Crippen LogP contribution in [0, 0.1) is 5.82 Å². The maximum Gasteiger partial charge on any atom is 0.180 e. The molecule has 1 aromatic heterocycles. The first-order valence-corrected chi connectivity index (χ1v) is 7.08. The van der Waals surface area contributed by atoms with E-state index in [1.807, 2.05) is 0 Å². The Morgan fingerprint density at radius 1 is 1.17 bits per heavy atom. The second-order valence-corrected chi connectivity index (χ2v) is 5.82. The molecule has 2 aromatic rings. The quantitative estimate of drug-likeness (QED) is 0.881. The molecule has 2 nitrogen and oxygen atoms in total. The summed E-state index contributed by atoms with van der Waals surface area (Å²) in [6.07, 6.45) is 5.00. The lowest BCUT2D eigenvalue weighted by Crippen LogP contribution is -1.92. The monoisotopic (exact) mass is 262 g/mol. The van der Waals surface area contributed by atoms with Crippen LogP contribution in [0.1, 0.15) is 36.5 Å². The van der Waals surface area contributed by atoms with Crippen molar-refractivity contribution in [1.29, 1.82) is 0 Å². The fourth-order valence-electron chi connectivity index (χ4n) is 2.63. The number of halogens is 1. The minimum atomic E-state index is -0.218. The number of nitrogen functional groups attached to an aromatic ring is 1. The molecule has 0 saturated heterocycles. The molecular formula is C14H15FN2S. The molecule has 0 atom stereocenters. The van der Waals surface area contributed by atoms with Gasteiger partial charge in [-0.3, -0.25) is 0 Å². The van der Waals surface area contributed by atoms with Crippen LogP contribution in [0.4, 0.5) is 9.52 Å². The molecule has 4 heteroatoms. The Balaban J connectivity index is 2.02. The highest BCUT2D eigenvalue weighted by atomic mass is 32.1. The maximum atomic E-state index is 13.0. The van der Waals surface area contributed by atoms with Crippen molar-refractivity contribution in [2.24, 2.45) is 0 Å². The second-order valence-electron chi connectivity index (χ2n) is 4.75. The number of hydrogen-bond donors (Lipinski definition) is 1. The van der Waals surface area contributed by atoms with E-state index in [0.717, 1.165) is 11.3 Å². The van der Waals surface area contributed by atoms with Crippen molar-refractivity contribution in [3.63, 3.8) is 0 Å². The highest BCUT2D eigenvalue weighted by Gasteiger charge is 2.23. The second kappa shape index (κ2) is 4.69. The van der Waals surface area contributed by atoms with Crippen molar-refractivity contribution in [2.45, 2.75) is 31.6 Å². The fourth-order valence-corrected chi connectivity index (χ4v) is 3.65. The summed E-state index contributed by atoms with van der Waals surface area (Å²) in [5.41, 5.74) is 7.76. The van der Waals surface area contributed by atoms with Gasteiger partial charge in [0.2, 0.25) is 0 Å². The Labute approximate surface area is 110 Å². The normalized spacial score (nSPS) is 16.3. The summed E-state index contributed by atoms with van der Waals surface area (Å²) in [6.45, 7) is 0. The predicted molar refractivity (Wildman–Crippen MR) is 73.1 cm³/mol. The number of rotatable bonds is 2. The van der Waals surface area contributed by atoms with Crippen molar-refractivity contribution in [2.75, 3.05) is 5.73 Å². The molecule has 18 heavy (non-hydrogen) atoms. The summed E-state index contributed by atoms with van der Waals surface area (Å²) >= 11 is 1.58. The average molecular weight is 262 g/mol. The van der Waals surface area contributed by atoms with Gasteiger partial charge in [-0.05, 0) is 43.0 Å². The molecule has 1 heterocycles. The number of hydrogen-bond acceptors (Lipinski definition) is 3. The summed E-state index contributed by atoms with van der Waals surface area (Å²) in [4.78, 5) is 5.70. The maximum absolute atomic E-state index is 13.0. The summed E-state index contributed by atoms with van der Waals surface area (Å²) < 4.78 is 13.0. The summed E-state index contributed by atoms with van der Waals surface area (Å²) in [5.74, 6) is 0.365. The van der Waals surface area contributed by atoms with Crippen LogP contribution in [0.25, 0.3) is 11.3 Å². The Hall–Kier alpha value is -1.42. The zero-order valence-electron chi connectivity index (χ0n) is 10.0. The molecule has 0 aliphatic heterocycles. The van der Waals surface area contributed by atoms with Gasteiger partial charge in [0.05, 0.1) is 5.69 Å². The smallest absolute Gasteiger partial charge is 0.180 e. The Morgan fingerprint density at radius 3 is 2.50 bits per heavy atom. The highest BCUT2D eigenvalue weighted by Crippen LogP contribution is 2.42. The molecule has 2 N–H and O–H groups in total. The first-order chi connectivity index (χ1) is 8.74. The molecule has 3 rings (SSSR count). The van der Waals surface area contributed by atoms with Crippen LogP contribution in [-0.4, -0.2) is 4.98 Å². The lowest BCUT2D eigenvalue weighted by Gasteiger charge is -2.08. The third-order valence-electron chi connectivity index (χ3n) is 3.51. The summed E-state index contributed by atoms with van der Waals surface area (Å²) in [7, 11) is 0. The van der Waals surface area contributed by atoms with Gasteiger partial charge < -0.3 is 5.73 Å². The van der Waals surface area contributed by atoms with Gasteiger partial charge in [0.1, 0.15) is 5.82 Å². The van der Waals surface area contributed by atoms with Crippen molar-refractivity contribution in [3.05, 3.63) is 35.0 Å². The van der Waals surface area contributed by atoms with Gasteiger partial charge in [0, 0.05) is 10.4 Å². The van der Waals surface area contributed by atoms with Gasteiger partial charge in [0.15, 0.2) is 5.13 Å². The zero-order chi connectivity index (χ0) is 12.5. The van der Waals surface area contributed by atoms with Crippen molar-refractivity contribution < 1.29 is 4.39 Å². The van der Waals surface area contributed by atoms with Crippen LogP contribution in [0.15, 0.2) is 24.3 Å². The number of aromatic nitrogens is 1. The third-order valence-corrected chi connectivity index (χ3v) is 4.56. The minimum absolute atomic E-state index is 0.218. The molecule has 0 bridgehead atoms. The van der Waals surface area contributed by atoms with E-state index in [1.165, 1.54) is 42.7 Å². The molecule has 0 unspecified atom stereocenters. The number of anilines is 1. The summed E-state index contributed by atoms with van der Waals surface area (Å²) in [6, 6.07) is 6.51. The Morgan fingerprint density at radius 2 is 1.83 bits per heavy atom. The number of thiazole rings is 1. The van der Waals surface area contributed by atoms with Crippen molar-refractivity contribution in [3.8, 4) is 11.3 Å². The fraction of sp³-hybridized carbons (Fsp3) is 0.357. The molecule has 0 radical (unpaired) electrons. The van der Waals surface area contributed by atoms with Crippen LogP contribution in [0.5, 0.6) is 0 Å². The first kappa shape index (κ1) is 11.7. The number of benzene rings is 1. The van der Waals surface area contributed by atoms with E-state index in [1.54, 1.807) is 23.5 Å². The molecule has 0 spiro atoms. The highest BCUT2D eigenvalue weighted by molar-refractivity contribution is 7.15. The van der Waals surface area contributed by atoms with E-state index in [-0.39, 0.29) is 5.82 Å². The molecule has 1 aromatic carbocycles.